The molecule has 1 amide bonds. The molecule has 0 N–H and O–H groups in total. The zero-order chi connectivity index (χ0) is 14.1. The highest BCUT2D eigenvalue weighted by Crippen LogP contribution is 2.47. The molecule has 20 heavy (non-hydrogen) atoms. The molecule has 106 valence electrons. The maximum atomic E-state index is 12.0. The highest BCUT2D eigenvalue weighted by Gasteiger charge is 2.36. The Morgan fingerprint density at radius 1 is 1.55 bits per heavy atom. The second-order valence-corrected chi connectivity index (χ2v) is 5.38. The SMILES string of the molecule is C[C@H]1C[C@@H]1c1ccc(CN(C)C(=O)Cn2cnnn2)o1. The highest BCUT2D eigenvalue weighted by molar-refractivity contribution is 5.75. The number of nitrogens with zero attached hydrogens (tertiary/aromatic N) is 5. The van der Waals surface area contributed by atoms with Crippen molar-refractivity contribution in [1.82, 2.24) is 25.1 Å². The second kappa shape index (κ2) is 5.07. The van der Waals surface area contributed by atoms with Crippen molar-refractivity contribution < 1.29 is 9.21 Å². The first-order chi connectivity index (χ1) is 9.63. The van der Waals surface area contributed by atoms with Gasteiger partial charge in [-0.3, -0.25) is 4.79 Å². The zero-order valence-corrected chi connectivity index (χ0v) is 11.6. The maximum Gasteiger partial charge on any atom is 0.244 e. The van der Waals surface area contributed by atoms with Crippen LogP contribution in [0.4, 0.5) is 0 Å². The lowest BCUT2D eigenvalue weighted by atomic mass is 10.3. The molecule has 3 rings (SSSR count). The molecule has 2 heterocycles. The van der Waals surface area contributed by atoms with Crippen LogP contribution in [0.1, 0.15) is 30.8 Å². The molecule has 1 aliphatic carbocycles. The molecule has 0 spiro atoms. The molecule has 2 aromatic heterocycles. The van der Waals surface area contributed by atoms with Crippen molar-refractivity contribution in [1.29, 1.82) is 0 Å². The molecule has 1 saturated carbocycles. The molecular weight excluding hydrogens is 258 g/mol. The molecule has 2 atom stereocenters. The van der Waals surface area contributed by atoms with E-state index in [-0.39, 0.29) is 12.5 Å². The van der Waals surface area contributed by atoms with E-state index in [1.807, 2.05) is 12.1 Å². The van der Waals surface area contributed by atoms with Crippen molar-refractivity contribution in [3.8, 4) is 0 Å². The lowest BCUT2D eigenvalue weighted by Crippen LogP contribution is -2.29. The number of amides is 1. The van der Waals surface area contributed by atoms with Gasteiger partial charge in [-0.15, -0.1) is 5.10 Å². The fraction of sp³-hybridized carbons (Fsp3) is 0.538. The van der Waals surface area contributed by atoms with E-state index in [1.54, 1.807) is 11.9 Å². The van der Waals surface area contributed by atoms with Crippen LogP contribution in [0.3, 0.4) is 0 Å². The van der Waals surface area contributed by atoms with Crippen LogP contribution in [0.5, 0.6) is 0 Å². The molecule has 0 aliphatic heterocycles. The van der Waals surface area contributed by atoms with Gasteiger partial charge in [0.2, 0.25) is 5.91 Å². The van der Waals surface area contributed by atoms with E-state index in [0.717, 1.165) is 11.5 Å². The average Bonchev–Trinajstić information content (AvgIpc) is 2.87. The van der Waals surface area contributed by atoms with Gasteiger partial charge in [0.25, 0.3) is 0 Å². The first-order valence-electron chi connectivity index (χ1n) is 6.67. The standard InChI is InChI=1S/C13H17N5O2/c1-9-5-11(9)12-4-3-10(20-12)6-17(2)13(19)7-18-8-14-15-16-18/h3-4,8-9,11H,5-7H2,1-2H3/t9-,11-/m0/s1. The minimum Gasteiger partial charge on any atom is -0.464 e. The largest absolute Gasteiger partial charge is 0.464 e. The molecule has 0 saturated heterocycles. The molecule has 7 heteroatoms. The van der Waals surface area contributed by atoms with Crippen molar-refractivity contribution >= 4 is 5.91 Å². The topological polar surface area (TPSA) is 77.1 Å². The lowest BCUT2D eigenvalue weighted by molar-refractivity contribution is -0.131. The normalized spacial score (nSPS) is 20.9. The molecule has 0 unspecified atom stereocenters. The maximum absolute atomic E-state index is 12.0. The van der Waals surface area contributed by atoms with E-state index in [2.05, 4.69) is 22.4 Å². The van der Waals surface area contributed by atoms with Crippen molar-refractivity contribution in [3.63, 3.8) is 0 Å². The Labute approximate surface area is 116 Å². The number of furan rings is 1. The minimum absolute atomic E-state index is 0.0601. The zero-order valence-electron chi connectivity index (χ0n) is 11.6. The Morgan fingerprint density at radius 2 is 2.35 bits per heavy atom. The number of hydrogen-bond acceptors (Lipinski definition) is 5. The summed E-state index contributed by atoms with van der Waals surface area (Å²) in [4.78, 5) is 13.6. The van der Waals surface area contributed by atoms with E-state index < -0.39 is 0 Å². The summed E-state index contributed by atoms with van der Waals surface area (Å²) in [6, 6.07) is 3.96. The number of carbonyl (C=O) groups excluding carboxylic acids is 1. The van der Waals surface area contributed by atoms with Gasteiger partial charge in [-0.25, -0.2) is 4.68 Å². The lowest BCUT2D eigenvalue weighted by Gasteiger charge is -2.15. The summed E-state index contributed by atoms with van der Waals surface area (Å²) in [5.74, 6) is 3.06. The fourth-order valence-corrected chi connectivity index (χ4v) is 2.23. The van der Waals surface area contributed by atoms with Crippen LogP contribution in [0, 0.1) is 5.92 Å². The van der Waals surface area contributed by atoms with Gasteiger partial charge in [0.1, 0.15) is 24.4 Å². The van der Waals surface area contributed by atoms with Gasteiger partial charge in [0.15, 0.2) is 0 Å². The van der Waals surface area contributed by atoms with Crippen LogP contribution < -0.4 is 0 Å². The number of rotatable bonds is 5. The first kappa shape index (κ1) is 12.8. The Balaban J connectivity index is 1.56. The summed E-state index contributed by atoms with van der Waals surface area (Å²) < 4.78 is 7.19. The van der Waals surface area contributed by atoms with Crippen LogP contribution in [-0.4, -0.2) is 38.1 Å². The highest BCUT2D eigenvalue weighted by atomic mass is 16.3. The monoisotopic (exact) mass is 275 g/mol. The predicted molar refractivity (Wildman–Crippen MR) is 69.5 cm³/mol. The quantitative estimate of drug-likeness (QED) is 0.815. The van der Waals surface area contributed by atoms with E-state index >= 15 is 0 Å². The summed E-state index contributed by atoms with van der Waals surface area (Å²) >= 11 is 0. The van der Waals surface area contributed by atoms with Crippen LogP contribution in [0.25, 0.3) is 0 Å². The average molecular weight is 275 g/mol. The van der Waals surface area contributed by atoms with Gasteiger partial charge in [0, 0.05) is 13.0 Å². The Morgan fingerprint density at radius 3 is 3.00 bits per heavy atom. The molecule has 2 aromatic rings. The van der Waals surface area contributed by atoms with E-state index in [1.165, 1.54) is 17.4 Å². The number of aromatic nitrogens is 4. The van der Waals surface area contributed by atoms with Crippen molar-refractivity contribution in [2.75, 3.05) is 7.05 Å². The summed E-state index contributed by atoms with van der Waals surface area (Å²) in [7, 11) is 1.74. The minimum atomic E-state index is -0.0601. The molecule has 0 radical (unpaired) electrons. The third-order valence-corrected chi connectivity index (χ3v) is 3.66. The van der Waals surface area contributed by atoms with Gasteiger partial charge in [-0.1, -0.05) is 6.92 Å². The second-order valence-electron chi connectivity index (χ2n) is 5.38. The van der Waals surface area contributed by atoms with Gasteiger partial charge < -0.3 is 9.32 Å². The van der Waals surface area contributed by atoms with Crippen LogP contribution >= 0.6 is 0 Å². The van der Waals surface area contributed by atoms with Gasteiger partial charge >= 0.3 is 0 Å². The van der Waals surface area contributed by atoms with Gasteiger partial charge in [-0.2, -0.15) is 0 Å². The molecule has 0 bridgehead atoms. The van der Waals surface area contributed by atoms with Crippen molar-refractivity contribution in [2.24, 2.45) is 5.92 Å². The molecular formula is C13H17N5O2. The number of tetrazole rings is 1. The third-order valence-electron chi connectivity index (χ3n) is 3.66. The van der Waals surface area contributed by atoms with E-state index in [9.17, 15) is 4.79 Å². The number of hydrogen-bond donors (Lipinski definition) is 0. The Bertz CT molecular complexity index is 592. The van der Waals surface area contributed by atoms with Gasteiger partial charge in [-0.05, 0) is 34.9 Å². The fourth-order valence-electron chi connectivity index (χ4n) is 2.23. The van der Waals surface area contributed by atoms with Crippen molar-refractivity contribution in [2.45, 2.75) is 32.4 Å². The molecule has 7 nitrogen and oxygen atoms in total. The Kier molecular flexibility index (Phi) is 3.25. The summed E-state index contributed by atoms with van der Waals surface area (Å²) in [6.45, 7) is 2.81. The summed E-state index contributed by atoms with van der Waals surface area (Å²) in [5.41, 5.74) is 0. The molecule has 1 fully saturated rings. The summed E-state index contributed by atoms with van der Waals surface area (Å²) in [5, 5.41) is 10.7. The van der Waals surface area contributed by atoms with Crippen molar-refractivity contribution in [3.05, 3.63) is 30.0 Å². The van der Waals surface area contributed by atoms with E-state index in [4.69, 9.17) is 4.42 Å². The molecule has 1 aliphatic rings. The third kappa shape index (κ3) is 2.71. The Hall–Kier alpha value is -2.18. The van der Waals surface area contributed by atoms with Crippen LogP contribution in [-0.2, 0) is 17.9 Å². The van der Waals surface area contributed by atoms with Crippen LogP contribution in [0.2, 0.25) is 0 Å². The van der Waals surface area contributed by atoms with Gasteiger partial charge in [0.05, 0.1) is 6.54 Å². The van der Waals surface area contributed by atoms with E-state index in [0.29, 0.717) is 18.4 Å². The number of likely N-dealkylation sites (N-methyl/N-ethyl adjacent to an activating group) is 1. The smallest absolute Gasteiger partial charge is 0.244 e. The first-order valence-corrected chi connectivity index (χ1v) is 6.67. The predicted octanol–water partition coefficient (Wildman–Crippen LogP) is 1.05. The molecule has 0 aromatic carbocycles. The van der Waals surface area contributed by atoms with Crippen LogP contribution in [0.15, 0.2) is 22.9 Å². The number of carbonyl (C=O) groups is 1. The summed E-state index contributed by atoms with van der Waals surface area (Å²) in [6.07, 6.45) is 2.62.